The van der Waals surface area contributed by atoms with E-state index in [0.29, 0.717) is 77.0 Å². The third-order valence-corrected chi connectivity index (χ3v) is 19.3. The molecule has 8 amide bonds. The van der Waals surface area contributed by atoms with Crippen molar-refractivity contribution in [3.05, 3.63) is 24.3 Å². The molecule has 81 heavy (non-hydrogen) atoms. The molecule has 8 aliphatic rings. The zero-order valence-electron chi connectivity index (χ0n) is 47.6. The molecule has 0 aromatic carbocycles. The van der Waals surface area contributed by atoms with Crippen LogP contribution in [-0.2, 0) is 63.4 Å². The molecule has 6 fully saturated rings. The maximum atomic E-state index is 15.0. The smallest absolute Gasteiger partial charge is 0.408 e. The Hall–Kier alpha value is -5.38. The predicted molar refractivity (Wildman–Crippen MR) is 293 cm³/mol. The fourth-order valence-electron chi connectivity index (χ4n) is 11.9. The van der Waals surface area contributed by atoms with Crippen LogP contribution in [0.5, 0.6) is 0 Å². The molecule has 0 aromatic rings. The number of allylic oxidation sites excluding steroid dienone is 2. The molecule has 2 aliphatic carbocycles. The van der Waals surface area contributed by atoms with E-state index in [-0.39, 0.29) is 77.8 Å². The summed E-state index contributed by atoms with van der Waals surface area (Å²) in [5.41, 5.74) is -5.23. The number of carbonyl (C=O) groups excluding carboxylic acids is 8. The van der Waals surface area contributed by atoms with Gasteiger partial charge in [-0.2, -0.15) is 25.4 Å². The first-order valence-corrected chi connectivity index (χ1v) is 31.9. The van der Waals surface area contributed by atoms with Gasteiger partial charge in [0.25, 0.3) is 11.8 Å². The van der Waals surface area contributed by atoms with E-state index in [9.17, 15) is 45.6 Å². The summed E-state index contributed by atoms with van der Waals surface area (Å²) >= 11 is 0. The van der Waals surface area contributed by atoms with Gasteiger partial charge in [0, 0.05) is 63.9 Å². The van der Waals surface area contributed by atoms with Gasteiger partial charge in [-0.15, -0.1) is 0 Å². The van der Waals surface area contributed by atoms with Gasteiger partial charge in [-0.3, -0.25) is 28.8 Å². The van der Waals surface area contributed by atoms with Gasteiger partial charge in [-0.05, 0) is 119 Å². The largest absolute Gasteiger partial charge is 0.444 e. The number of fused-ring (bicyclic) bond motifs is 4. The van der Waals surface area contributed by atoms with Gasteiger partial charge in [-0.1, -0.05) is 50.0 Å². The van der Waals surface area contributed by atoms with Crippen molar-refractivity contribution < 1.29 is 69.4 Å². The van der Waals surface area contributed by atoms with E-state index in [1.165, 1.54) is 18.4 Å². The molecule has 27 heteroatoms. The highest BCUT2D eigenvalue weighted by molar-refractivity contribution is 7.88. The van der Waals surface area contributed by atoms with Gasteiger partial charge in [0.1, 0.15) is 46.4 Å². The lowest BCUT2D eigenvalue weighted by Gasteiger charge is -2.30. The standard InChI is InChI=1S/C54H84N10O15S2/c1-51(2,3)78-49(71)55-39-23-15-11-7-9-13-21-35-31-53(35,47(69)59-80(73,74)61-25-17-18-26-61)57-43(65)41-29-37(33-63(41)45(39)67)77-38-30-42-44(66)58-54(48(70)60-81(75,76)62-27-19-20-28-62)32-36(54)22-14-10-8-12-16-24-40(46(68)64(42)34-38)56-50(72)79-52(4,5)6/h13-14,21-22,35-42H,7-12,15-20,23-34H2,1-6H3,(H,55,71)(H,56,72)(H,57,65)(H,58,66)(H,59,69)(H,60,70)/b21-13-,22-14-. The van der Waals surface area contributed by atoms with Crippen molar-refractivity contribution in [3.63, 3.8) is 0 Å². The maximum absolute atomic E-state index is 15.0. The number of amides is 8. The summed E-state index contributed by atoms with van der Waals surface area (Å²) in [7, 11) is -8.53. The number of nitrogens with one attached hydrogen (secondary N) is 6. The van der Waals surface area contributed by atoms with Crippen molar-refractivity contribution in [1.29, 1.82) is 0 Å². The van der Waals surface area contributed by atoms with Crippen molar-refractivity contribution >= 4 is 68.0 Å². The zero-order chi connectivity index (χ0) is 58.7. The summed E-state index contributed by atoms with van der Waals surface area (Å²) in [5, 5.41) is 11.1. The average molecular weight is 1180 g/mol. The summed E-state index contributed by atoms with van der Waals surface area (Å²) in [4.78, 5) is 118. The van der Waals surface area contributed by atoms with Crippen LogP contribution in [0, 0.1) is 11.8 Å². The Morgan fingerprint density at radius 2 is 0.926 bits per heavy atom. The van der Waals surface area contributed by atoms with E-state index in [0.717, 1.165) is 0 Å². The van der Waals surface area contributed by atoms with Crippen LogP contribution in [0.1, 0.15) is 157 Å². The number of carbonyl (C=O) groups is 8. The second-order valence-corrected chi connectivity index (χ2v) is 28.4. The Balaban J connectivity index is 1.09. The lowest BCUT2D eigenvalue weighted by molar-refractivity contribution is -0.141. The number of hydrogen-bond donors (Lipinski definition) is 6. The minimum atomic E-state index is -4.26. The molecule has 10 atom stereocenters. The Morgan fingerprint density at radius 3 is 1.28 bits per heavy atom. The van der Waals surface area contributed by atoms with Gasteiger partial charge in [0.15, 0.2) is 0 Å². The normalized spacial score (nSPS) is 33.0. The quantitative estimate of drug-likeness (QED) is 0.171. The molecule has 10 unspecified atom stereocenters. The van der Waals surface area contributed by atoms with Gasteiger partial charge in [0.05, 0.1) is 12.2 Å². The molecule has 0 bridgehead atoms. The van der Waals surface area contributed by atoms with Gasteiger partial charge in [-0.25, -0.2) is 19.0 Å². The minimum absolute atomic E-state index is 0.0768. The van der Waals surface area contributed by atoms with Crippen LogP contribution < -0.4 is 30.7 Å². The van der Waals surface area contributed by atoms with Crippen LogP contribution in [0.2, 0.25) is 0 Å². The number of hydrogen-bond acceptors (Lipinski definition) is 15. The van der Waals surface area contributed by atoms with E-state index >= 15 is 9.59 Å². The predicted octanol–water partition coefficient (Wildman–Crippen LogP) is 2.43. The van der Waals surface area contributed by atoms with E-state index in [4.69, 9.17) is 14.2 Å². The lowest BCUT2D eigenvalue weighted by Crippen LogP contribution is -2.59. The molecule has 452 valence electrons. The third kappa shape index (κ3) is 15.3. The molecule has 4 saturated heterocycles. The SMILES string of the molecule is CC(C)(C)OC(=O)NC1CCCCC/C=C\C2CC2(C(=O)NS(=O)(=O)N2CCCC2)NC(=O)C2CC(OC3CC4C(=O)NC5(C(=O)NS(=O)(=O)N6CCCC6)CC5/C=C\CCCCCC(NC(=O)OC(C)(C)C)C(=O)N4C3)CN2C1=O. The van der Waals surface area contributed by atoms with Crippen molar-refractivity contribution in [3.8, 4) is 0 Å². The molecule has 6 N–H and O–H groups in total. The third-order valence-electron chi connectivity index (χ3n) is 16.3. The second-order valence-electron chi connectivity index (χ2n) is 25.0. The second kappa shape index (κ2) is 24.8. The van der Waals surface area contributed by atoms with E-state index < -0.39 is 139 Å². The minimum Gasteiger partial charge on any atom is -0.444 e. The van der Waals surface area contributed by atoms with Gasteiger partial charge >= 0.3 is 32.6 Å². The van der Waals surface area contributed by atoms with Gasteiger partial charge in [0.2, 0.25) is 23.6 Å². The van der Waals surface area contributed by atoms with Crippen molar-refractivity contribution in [2.45, 2.75) is 216 Å². The average Bonchev–Trinajstić information content (AvgIpc) is 2.78. The summed E-state index contributed by atoms with van der Waals surface area (Å²) < 4.78 is 78.5. The topological polar surface area (TPSA) is 318 Å². The fourth-order valence-corrected chi connectivity index (χ4v) is 14.5. The number of nitrogens with zero attached hydrogens (tertiary/aromatic N) is 4. The van der Waals surface area contributed by atoms with E-state index in [2.05, 4.69) is 30.7 Å². The molecule has 6 aliphatic heterocycles. The summed E-state index contributed by atoms with van der Waals surface area (Å²) in [6.07, 6.45) is 11.3. The summed E-state index contributed by atoms with van der Waals surface area (Å²) in [6.45, 7) is 10.5. The first kappa shape index (κ1) is 61.7. The summed E-state index contributed by atoms with van der Waals surface area (Å²) in [5.74, 6) is -5.85. The fraction of sp³-hybridized carbons (Fsp3) is 0.778. The highest BCUT2D eigenvalue weighted by Crippen LogP contribution is 2.47. The van der Waals surface area contributed by atoms with E-state index in [1.54, 1.807) is 53.7 Å². The molecule has 0 radical (unpaired) electrons. The Kier molecular flexibility index (Phi) is 18.9. The molecule has 0 aromatic heterocycles. The highest BCUT2D eigenvalue weighted by Gasteiger charge is 2.63. The molecule has 25 nitrogen and oxygen atoms in total. The van der Waals surface area contributed by atoms with Crippen LogP contribution >= 0.6 is 0 Å². The molecular weight excluding hydrogens is 1090 g/mol. The molecule has 6 heterocycles. The van der Waals surface area contributed by atoms with Crippen LogP contribution in [0.4, 0.5) is 9.59 Å². The first-order chi connectivity index (χ1) is 38.1. The molecular formula is C54H84N10O15S2. The van der Waals surface area contributed by atoms with Crippen molar-refractivity contribution in [2.75, 3.05) is 39.3 Å². The monoisotopic (exact) mass is 1180 g/mol. The van der Waals surface area contributed by atoms with Gasteiger partial charge < -0.3 is 45.3 Å². The van der Waals surface area contributed by atoms with Crippen molar-refractivity contribution in [1.82, 2.24) is 49.1 Å². The molecule has 2 saturated carbocycles. The van der Waals surface area contributed by atoms with Crippen LogP contribution in [0.25, 0.3) is 0 Å². The maximum Gasteiger partial charge on any atom is 0.408 e. The van der Waals surface area contributed by atoms with Crippen molar-refractivity contribution in [2.24, 2.45) is 11.8 Å². The number of ether oxygens (including phenoxy) is 3. The highest BCUT2D eigenvalue weighted by atomic mass is 32.2. The number of rotatable bonds is 10. The Labute approximate surface area is 475 Å². The Morgan fingerprint density at radius 1 is 0.556 bits per heavy atom. The summed E-state index contributed by atoms with van der Waals surface area (Å²) in [6, 6.07) is -5.03. The number of alkyl carbamates (subject to hydrolysis) is 2. The van der Waals surface area contributed by atoms with Crippen LogP contribution in [-0.4, -0.2) is 181 Å². The zero-order valence-corrected chi connectivity index (χ0v) is 49.3. The molecule has 0 spiro atoms. The molecule has 8 rings (SSSR count). The Bertz CT molecular complexity index is 2520. The van der Waals surface area contributed by atoms with Crippen LogP contribution in [0.15, 0.2) is 24.3 Å². The first-order valence-electron chi connectivity index (χ1n) is 29.0. The van der Waals surface area contributed by atoms with E-state index in [1.807, 2.05) is 12.2 Å². The van der Waals surface area contributed by atoms with Crippen LogP contribution in [0.3, 0.4) is 0 Å². The lowest BCUT2D eigenvalue weighted by atomic mass is 10.0.